The first kappa shape index (κ1) is 36.4. The summed E-state index contributed by atoms with van der Waals surface area (Å²) in [5.74, 6) is 2.22. The Morgan fingerprint density at radius 3 is 1.19 bits per heavy atom. The number of fused-ring (bicyclic) bond motifs is 6. The highest BCUT2D eigenvalue weighted by atomic mass is 16.5. The molecule has 0 unspecified atom stereocenters. The number of methoxy groups -OCH3 is 1. The van der Waals surface area contributed by atoms with Crippen LogP contribution in [0, 0.1) is 0 Å². The van der Waals surface area contributed by atoms with E-state index in [0.29, 0.717) is 0 Å². The molecule has 9 aromatic carbocycles. The zero-order valence-corrected chi connectivity index (χ0v) is 34.4. The minimum absolute atomic E-state index is 0.726. The molecule has 0 aliphatic rings. The molecule has 0 saturated heterocycles. The van der Waals surface area contributed by atoms with E-state index in [-0.39, 0.29) is 0 Å². The molecule has 0 N–H and O–H groups in total. The molecule has 3 aromatic heterocycles. The Labute approximate surface area is 364 Å². The van der Waals surface area contributed by atoms with E-state index in [9.17, 15) is 0 Å². The molecule has 0 spiro atoms. The Balaban J connectivity index is 1.09. The summed E-state index contributed by atoms with van der Waals surface area (Å²) in [6.07, 6.45) is 0. The van der Waals surface area contributed by atoms with Crippen molar-refractivity contribution in [3.63, 3.8) is 0 Å². The first-order valence-electron chi connectivity index (χ1n) is 21.2. The van der Waals surface area contributed by atoms with Gasteiger partial charge in [0.05, 0.1) is 29.2 Å². The van der Waals surface area contributed by atoms with Crippen molar-refractivity contribution in [2.45, 2.75) is 0 Å². The maximum Gasteiger partial charge on any atom is 0.168 e. The van der Waals surface area contributed by atoms with Crippen LogP contribution in [0.25, 0.3) is 106 Å². The second-order valence-corrected chi connectivity index (χ2v) is 15.9. The maximum absolute atomic E-state index is 5.65. The Hall–Kier alpha value is -8.48. The fourth-order valence-electron chi connectivity index (χ4n) is 9.38. The van der Waals surface area contributed by atoms with Gasteiger partial charge in [-0.05, 0) is 113 Å². The minimum Gasteiger partial charge on any atom is -0.497 e. The van der Waals surface area contributed by atoms with Gasteiger partial charge in [0, 0.05) is 49.7 Å². The van der Waals surface area contributed by atoms with Crippen LogP contribution in [-0.2, 0) is 0 Å². The van der Waals surface area contributed by atoms with Crippen LogP contribution in [0.5, 0.6) is 5.75 Å². The maximum atomic E-state index is 5.65. The Kier molecular flexibility index (Phi) is 8.61. The molecule has 12 aromatic rings. The molecule has 0 saturated carbocycles. The van der Waals surface area contributed by atoms with Crippen molar-refractivity contribution in [3.8, 4) is 67.8 Å². The molecule has 298 valence electrons. The van der Waals surface area contributed by atoms with Crippen LogP contribution in [0.4, 0.5) is 0 Å². The Morgan fingerprint density at radius 2 is 0.698 bits per heavy atom. The molecule has 0 aliphatic carbocycles. The third-order valence-corrected chi connectivity index (χ3v) is 12.2. The number of benzene rings is 9. The molecule has 0 atom stereocenters. The van der Waals surface area contributed by atoms with Crippen LogP contribution in [0.15, 0.2) is 218 Å². The van der Waals surface area contributed by atoms with E-state index in [1.54, 1.807) is 7.11 Å². The van der Waals surface area contributed by atoms with Crippen molar-refractivity contribution < 1.29 is 4.74 Å². The second-order valence-electron chi connectivity index (χ2n) is 15.9. The van der Waals surface area contributed by atoms with Crippen LogP contribution in [0.1, 0.15) is 0 Å². The molecule has 3 heterocycles. The fraction of sp³-hybridized carbons (Fsp3) is 0.0175. The molecule has 63 heavy (non-hydrogen) atoms. The average Bonchev–Trinajstić information content (AvgIpc) is 4.05. The van der Waals surface area contributed by atoms with Crippen molar-refractivity contribution in [1.29, 1.82) is 0 Å². The lowest BCUT2D eigenvalue weighted by Crippen LogP contribution is -2.01. The first-order valence-corrected chi connectivity index (χ1v) is 21.2. The summed E-state index contributed by atoms with van der Waals surface area (Å²) in [4.78, 5) is 0. The molecule has 0 radical (unpaired) electrons. The molecular weight excluding hydrogens is 771 g/mol. The Morgan fingerprint density at radius 1 is 0.302 bits per heavy atom. The summed E-state index contributed by atoms with van der Waals surface area (Å²) in [6.45, 7) is 0. The number of para-hydroxylation sites is 5. The number of hydrogen-bond donors (Lipinski definition) is 0. The van der Waals surface area contributed by atoms with Gasteiger partial charge in [-0.3, -0.25) is 4.57 Å². The van der Waals surface area contributed by atoms with Crippen molar-refractivity contribution in [2.24, 2.45) is 0 Å². The van der Waals surface area contributed by atoms with Crippen LogP contribution in [-0.4, -0.2) is 31.0 Å². The van der Waals surface area contributed by atoms with E-state index in [0.717, 1.165) is 67.8 Å². The molecule has 0 aliphatic heterocycles. The normalized spacial score (nSPS) is 11.6. The van der Waals surface area contributed by atoms with Crippen LogP contribution in [0.2, 0.25) is 0 Å². The highest BCUT2D eigenvalue weighted by molar-refractivity contribution is 6.10. The van der Waals surface area contributed by atoms with Crippen molar-refractivity contribution in [2.75, 3.05) is 7.11 Å². The summed E-state index contributed by atoms with van der Waals surface area (Å²) in [6, 6.07) is 77.6. The van der Waals surface area contributed by atoms with Gasteiger partial charge < -0.3 is 13.9 Å². The summed E-state index contributed by atoms with van der Waals surface area (Å²) in [7, 11) is 1.69. The zero-order valence-electron chi connectivity index (χ0n) is 34.4. The highest BCUT2D eigenvalue weighted by Crippen LogP contribution is 2.39. The zero-order chi connectivity index (χ0) is 41.9. The van der Waals surface area contributed by atoms with Gasteiger partial charge in [0.15, 0.2) is 11.6 Å². The van der Waals surface area contributed by atoms with Gasteiger partial charge in [-0.2, -0.15) is 0 Å². The van der Waals surface area contributed by atoms with Crippen LogP contribution >= 0.6 is 0 Å². The van der Waals surface area contributed by atoms with Crippen LogP contribution in [0.3, 0.4) is 0 Å². The third kappa shape index (κ3) is 6.11. The second kappa shape index (κ2) is 14.9. The third-order valence-electron chi connectivity index (χ3n) is 12.2. The van der Waals surface area contributed by atoms with Crippen molar-refractivity contribution in [1.82, 2.24) is 23.9 Å². The lowest BCUT2D eigenvalue weighted by Gasteiger charge is -2.16. The Bertz CT molecular complexity index is 3400. The minimum atomic E-state index is 0.726. The molecular formula is C57H39N5O. The molecule has 0 bridgehead atoms. The molecule has 0 fully saturated rings. The van der Waals surface area contributed by atoms with Crippen LogP contribution < -0.4 is 4.74 Å². The van der Waals surface area contributed by atoms with Gasteiger partial charge in [0.25, 0.3) is 0 Å². The van der Waals surface area contributed by atoms with E-state index in [1.165, 1.54) is 43.6 Å². The summed E-state index contributed by atoms with van der Waals surface area (Å²) in [5.41, 5.74) is 14.0. The summed E-state index contributed by atoms with van der Waals surface area (Å²) >= 11 is 0. The van der Waals surface area contributed by atoms with Gasteiger partial charge in [-0.1, -0.05) is 127 Å². The number of rotatable bonds is 8. The van der Waals surface area contributed by atoms with Gasteiger partial charge >= 0.3 is 0 Å². The van der Waals surface area contributed by atoms with Gasteiger partial charge in [0.2, 0.25) is 0 Å². The average molecular weight is 810 g/mol. The lowest BCUT2D eigenvalue weighted by molar-refractivity contribution is 0.415. The van der Waals surface area contributed by atoms with E-state index >= 15 is 0 Å². The number of nitrogens with zero attached hydrogens (tertiary/aromatic N) is 5. The quantitative estimate of drug-likeness (QED) is 0.154. The largest absolute Gasteiger partial charge is 0.497 e. The fourth-order valence-corrected chi connectivity index (χ4v) is 9.38. The standard InChI is InChI=1S/C57H39N5O/c1-63-47-23-15-18-40(37-47)56-58-59-57(62(56)44-19-3-2-4-20-44)43-33-41(38-16-13-21-45(35-38)60-52-28-9-5-24-48(52)49-25-6-10-29-53(49)60)32-42(34-43)39-17-14-22-46(36-39)61-54-30-11-7-26-50(54)51-27-8-12-31-55(51)61/h2-37H,1H3. The summed E-state index contributed by atoms with van der Waals surface area (Å²) in [5, 5.41) is 14.8. The van der Waals surface area contributed by atoms with E-state index in [4.69, 9.17) is 14.9 Å². The van der Waals surface area contributed by atoms with E-state index in [1.807, 2.05) is 24.3 Å². The predicted octanol–water partition coefficient (Wildman–Crippen LogP) is 14.1. The predicted molar refractivity (Wildman–Crippen MR) is 258 cm³/mol. The van der Waals surface area contributed by atoms with Gasteiger partial charge in [0.1, 0.15) is 5.75 Å². The van der Waals surface area contributed by atoms with Crippen molar-refractivity contribution >= 4 is 43.6 Å². The van der Waals surface area contributed by atoms with Crippen molar-refractivity contribution in [3.05, 3.63) is 218 Å². The van der Waals surface area contributed by atoms with Gasteiger partial charge in [-0.15, -0.1) is 10.2 Å². The molecule has 6 nitrogen and oxygen atoms in total. The van der Waals surface area contributed by atoms with E-state index < -0.39 is 0 Å². The monoisotopic (exact) mass is 809 g/mol. The topological polar surface area (TPSA) is 49.8 Å². The SMILES string of the molecule is COc1cccc(-c2nnc(-c3cc(-c4cccc(-n5c6ccccc6c6ccccc65)c4)cc(-c4cccc(-n5c6ccccc6c6ccccc65)c4)c3)n2-c2ccccc2)c1. The lowest BCUT2D eigenvalue weighted by atomic mass is 9.95. The first-order chi connectivity index (χ1) is 31.2. The number of hydrogen-bond acceptors (Lipinski definition) is 3. The van der Waals surface area contributed by atoms with Gasteiger partial charge in [-0.25, -0.2) is 0 Å². The molecule has 12 rings (SSSR count). The highest BCUT2D eigenvalue weighted by Gasteiger charge is 2.21. The van der Waals surface area contributed by atoms with E-state index in [2.05, 4.69) is 208 Å². The summed E-state index contributed by atoms with van der Waals surface area (Å²) < 4.78 is 12.6. The molecule has 6 heteroatoms. The number of aromatic nitrogens is 5. The smallest absolute Gasteiger partial charge is 0.168 e. The number of ether oxygens (including phenoxy) is 1. The molecule has 0 amide bonds.